The van der Waals surface area contributed by atoms with Crippen LogP contribution < -0.4 is 9.80 Å². The lowest BCUT2D eigenvalue weighted by molar-refractivity contribution is -0.926. The number of hydrogen-bond donors (Lipinski definition) is 2. The van der Waals surface area contributed by atoms with Crippen LogP contribution in [0.25, 0.3) is 0 Å². The summed E-state index contributed by atoms with van der Waals surface area (Å²) < 4.78 is 21.7. The van der Waals surface area contributed by atoms with Crippen LogP contribution >= 0.6 is 0 Å². The van der Waals surface area contributed by atoms with E-state index in [0.717, 1.165) is 52.6 Å². The van der Waals surface area contributed by atoms with Crippen molar-refractivity contribution >= 4 is 0 Å². The molecule has 0 saturated carbocycles. The summed E-state index contributed by atoms with van der Waals surface area (Å²) in [5.41, 5.74) is 0. The molecule has 108 valence electrons. The first-order valence-electron chi connectivity index (χ1n) is 6.67. The van der Waals surface area contributed by atoms with E-state index in [4.69, 9.17) is 18.9 Å². The van der Waals surface area contributed by atoms with E-state index in [1.807, 2.05) is 0 Å². The van der Waals surface area contributed by atoms with Crippen LogP contribution in [0.15, 0.2) is 0 Å². The zero-order chi connectivity index (χ0) is 13.1. The van der Waals surface area contributed by atoms with Gasteiger partial charge in [-0.3, -0.25) is 0 Å². The minimum atomic E-state index is 0.716. The lowest BCUT2D eigenvalue weighted by atomic mass is 10.5. The molecule has 0 spiro atoms. The van der Waals surface area contributed by atoms with Gasteiger partial charge in [0.2, 0.25) is 0 Å². The van der Waals surface area contributed by atoms with Crippen molar-refractivity contribution in [1.82, 2.24) is 0 Å². The van der Waals surface area contributed by atoms with Crippen molar-refractivity contribution in [1.29, 1.82) is 0 Å². The molecule has 0 bridgehead atoms. The van der Waals surface area contributed by atoms with Gasteiger partial charge in [0.25, 0.3) is 0 Å². The van der Waals surface area contributed by atoms with Crippen molar-refractivity contribution in [2.75, 3.05) is 80.3 Å². The monoisotopic (exact) mass is 264 g/mol. The highest BCUT2D eigenvalue weighted by Crippen LogP contribution is 1.74. The van der Waals surface area contributed by atoms with Crippen molar-refractivity contribution in [2.24, 2.45) is 0 Å². The molecule has 0 aromatic rings. The maximum Gasteiger partial charge on any atom is 0.181 e. The molecule has 0 radical (unpaired) electrons. The average molecular weight is 264 g/mol. The molecule has 0 amide bonds. The van der Waals surface area contributed by atoms with Gasteiger partial charge in [0.15, 0.2) is 13.5 Å². The van der Waals surface area contributed by atoms with E-state index in [9.17, 15) is 0 Å². The van der Waals surface area contributed by atoms with E-state index in [-0.39, 0.29) is 0 Å². The predicted molar refractivity (Wildman–Crippen MR) is 66.8 cm³/mol. The topological polar surface area (TPSA) is 45.8 Å². The smallest absolute Gasteiger partial charge is 0.181 e. The van der Waals surface area contributed by atoms with E-state index in [1.165, 1.54) is 9.80 Å². The van der Waals surface area contributed by atoms with Gasteiger partial charge >= 0.3 is 0 Å². The zero-order valence-corrected chi connectivity index (χ0v) is 11.7. The van der Waals surface area contributed by atoms with Gasteiger partial charge in [0.1, 0.15) is 26.2 Å². The molecule has 1 fully saturated rings. The lowest BCUT2D eigenvalue weighted by Crippen LogP contribution is -3.14. The van der Waals surface area contributed by atoms with Gasteiger partial charge in [-0.1, -0.05) is 0 Å². The largest absolute Gasteiger partial charge is 0.370 e. The molecular formula is C12H28N2O4+2. The van der Waals surface area contributed by atoms with Gasteiger partial charge in [-0.05, 0) is 0 Å². The Balaban J connectivity index is 2.28. The van der Waals surface area contributed by atoms with Crippen LogP contribution in [0.1, 0.15) is 0 Å². The minimum absolute atomic E-state index is 0.716. The average Bonchev–Trinajstić information content (AvgIpc) is 2.35. The van der Waals surface area contributed by atoms with Crippen LogP contribution in [0.2, 0.25) is 0 Å². The molecule has 6 heteroatoms. The van der Waals surface area contributed by atoms with Gasteiger partial charge in [-0.15, -0.1) is 0 Å². The number of methoxy groups -OCH3 is 2. The minimum Gasteiger partial charge on any atom is -0.370 e. The summed E-state index contributed by atoms with van der Waals surface area (Å²) in [5, 5.41) is 0. The summed E-state index contributed by atoms with van der Waals surface area (Å²) in [7, 11) is 3.47. The van der Waals surface area contributed by atoms with Crippen LogP contribution in [0.4, 0.5) is 0 Å². The van der Waals surface area contributed by atoms with Crippen molar-refractivity contribution in [3.63, 3.8) is 0 Å². The van der Waals surface area contributed by atoms with Gasteiger partial charge in [0.05, 0.1) is 26.4 Å². The summed E-state index contributed by atoms with van der Waals surface area (Å²) in [6.45, 7) is 8.42. The molecule has 2 N–H and O–H groups in total. The molecule has 1 heterocycles. The van der Waals surface area contributed by atoms with E-state index in [1.54, 1.807) is 14.2 Å². The lowest BCUT2D eigenvalue weighted by Gasteiger charge is -2.22. The molecule has 1 aliphatic heterocycles. The zero-order valence-electron chi connectivity index (χ0n) is 11.7. The number of quaternary nitrogens is 2. The molecule has 0 aromatic carbocycles. The Kier molecular flexibility index (Phi) is 9.37. The van der Waals surface area contributed by atoms with Crippen molar-refractivity contribution in [3.05, 3.63) is 0 Å². The molecule has 0 aliphatic carbocycles. The van der Waals surface area contributed by atoms with E-state index in [0.29, 0.717) is 13.5 Å². The SMILES string of the molecule is COC[NH+]1CCOCC[NH+](COC)CCOCC1. The maximum absolute atomic E-state index is 5.67. The number of hydrogen-bond acceptors (Lipinski definition) is 4. The van der Waals surface area contributed by atoms with Gasteiger partial charge in [-0.25, -0.2) is 0 Å². The Morgan fingerprint density at radius 2 is 1.06 bits per heavy atom. The summed E-state index contributed by atoms with van der Waals surface area (Å²) in [6, 6.07) is 0. The third kappa shape index (κ3) is 7.25. The second-order valence-electron chi connectivity index (χ2n) is 4.59. The second kappa shape index (κ2) is 10.7. The Bertz CT molecular complexity index is 163. The summed E-state index contributed by atoms with van der Waals surface area (Å²) >= 11 is 0. The standard InChI is InChI=1S/C12H26N2O4/c1-15-11-13-3-7-17-9-5-14(12-16-2)6-10-18-8-4-13/h3-12H2,1-2H3/p+2. The maximum atomic E-state index is 5.67. The first kappa shape index (κ1) is 15.8. The predicted octanol–water partition coefficient (Wildman–Crippen LogP) is -2.99. The fourth-order valence-electron chi connectivity index (χ4n) is 2.02. The molecule has 0 unspecified atom stereocenters. The third-order valence-electron chi connectivity index (χ3n) is 3.10. The van der Waals surface area contributed by atoms with E-state index >= 15 is 0 Å². The fraction of sp³-hybridized carbons (Fsp3) is 1.00. The Morgan fingerprint density at radius 1 is 0.722 bits per heavy atom. The molecule has 0 aromatic heterocycles. The molecule has 1 rings (SSSR count). The first-order valence-corrected chi connectivity index (χ1v) is 6.67. The molecule has 0 atom stereocenters. The Hall–Kier alpha value is -0.240. The summed E-state index contributed by atoms with van der Waals surface area (Å²) in [5.74, 6) is 0. The normalized spacial score (nSPS) is 28.3. The molecule has 1 aliphatic rings. The highest BCUT2D eigenvalue weighted by atomic mass is 16.5. The van der Waals surface area contributed by atoms with E-state index < -0.39 is 0 Å². The van der Waals surface area contributed by atoms with Crippen molar-refractivity contribution in [2.45, 2.75) is 0 Å². The Morgan fingerprint density at radius 3 is 1.33 bits per heavy atom. The third-order valence-corrected chi connectivity index (χ3v) is 3.10. The fourth-order valence-corrected chi connectivity index (χ4v) is 2.02. The second-order valence-corrected chi connectivity index (χ2v) is 4.59. The molecule has 6 nitrogen and oxygen atoms in total. The van der Waals surface area contributed by atoms with Crippen molar-refractivity contribution in [3.8, 4) is 0 Å². The molecular weight excluding hydrogens is 236 g/mol. The summed E-state index contributed by atoms with van der Waals surface area (Å²) in [4.78, 5) is 2.75. The number of rotatable bonds is 4. The first-order chi connectivity index (χ1) is 8.86. The van der Waals surface area contributed by atoms with E-state index in [2.05, 4.69) is 0 Å². The molecule has 1 saturated heterocycles. The number of nitrogens with one attached hydrogen (secondary N) is 2. The highest BCUT2D eigenvalue weighted by Gasteiger charge is 2.12. The van der Waals surface area contributed by atoms with Crippen LogP contribution in [-0.2, 0) is 18.9 Å². The van der Waals surface area contributed by atoms with Crippen LogP contribution in [0.5, 0.6) is 0 Å². The van der Waals surface area contributed by atoms with Gasteiger partial charge < -0.3 is 28.7 Å². The van der Waals surface area contributed by atoms with Crippen LogP contribution in [0, 0.1) is 0 Å². The van der Waals surface area contributed by atoms with Crippen LogP contribution in [0.3, 0.4) is 0 Å². The Labute approximate surface area is 110 Å². The molecule has 18 heavy (non-hydrogen) atoms. The quantitative estimate of drug-likeness (QED) is 0.569. The highest BCUT2D eigenvalue weighted by molar-refractivity contribution is 4.36. The van der Waals surface area contributed by atoms with Gasteiger partial charge in [0, 0.05) is 14.2 Å². The van der Waals surface area contributed by atoms with Crippen molar-refractivity contribution < 1.29 is 28.7 Å². The summed E-state index contributed by atoms with van der Waals surface area (Å²) in [6.07, 6.45) is 0. The number of ether oxygens (including phenoxy) is 4. The van der Waals surface area contributed by atoms with Crippen LogP contribution in [-0.4, -0.2) is 80.3 Å². The van der Waals surface area contributed by atoms with Gasteiger partial charge in [-0.2, -0.15) is 0 Å².